The average molecular weight is 891 g/mol. The normalized spacial score (nSPS) is 20.0. The van der Waals surface area contributed by atoms with Crippen LogP contribution in [0.2, 0.25) is 0 Å². The van der Waals surface area contributed by atoms with Gasteiger partial charge in [-0.15, -0.1) is 0 Å². The van der Waals surface area contributed by atoms with E-state index in [1.807, 2.05) is 0 Å². The summed E-state index contributed by atoms with van der Waals surface area (Å²) in [4.78, 5) is 25.4. The number of ether oxygens (including phenoxy) is 4. The standard InChI is InChI=1S/C48H90O12S/c1-3-5-7-9-11-13-15-16-17-18-19-20-21-22-23-24-25-26-27-29-30-32-34-36-43(49)57-38-41(59-44(50)37-35-33-31-28-14-12-10-8-6-4-2)39-58-48-47(53)46(52)45(51)42(60-48)40-61(54,55)56/h29-30,41-42,45-48,51-53H,3-28,31-40H2,1-2H3,(H,54,55,56)/b30-29+/t41-,42-,45-,46?,47?,48+/m1/s1. The zero-order valence-electron chi connectivity index (χ0n) is 38.5. The first-order valence-electron chi connectivity index (χ1n) is 24.7. The molecule has 2 unspecified atom stereocenters. The van der Waals surface area contributed by atoms with Crippen molar-refractivity contribution in [3.8, 4) is 0 Å². The molecule has 61 heavy (non-hydrogen) atoms. The fraction of sp³-hybridized carbons (Fsp3) is 0.917. The Morgan fingerprint density at radius 3 is 1.41 bits per heavy atom. The minimum atomic E-state index is -4.60. The number of carbonyl (C=O) groups excluding carboxylic acids is 2. The number of rotatable bonds is 42. The van der Waals surface area contributed by atoms with Crippen molar-refractivity contribution in [1.82, 2.24) is 0 Å². The zero-order chi connectivity index (χ0) is 44.8. The molecule has 0 radical (unpaired) electrons. The van der Waals surface area contributed by atoms with Crippen LogP contribution in [0.25, 0.3) is 0 Å². The molecule has 1 heterocycles. The van der Waals surface area contributed by atoms with E-state index in [9.17, 15) is 37.9 Å². The molecule has 12 nitrogen and oxygen atoms in total. The van der Waals surface area contributed by atoms with E-state index < -0.39 is 71.2 Å². The van der Waals surface area contributed by atoms with E-state index >= 15 is 0 Å². The van der Waals surface area contributed by atoms with Crippen molar-refractivity contribution < 1.29 is 56.8 Å². The average Bonchev–Trinajstić information content (AvgIpc) is 3.22. The number of hydrogen-bond donors (Lipinski definition) is 4. The first-order chi connectivity index (χ1) is 29.5. The molecular formula is C48H90O12S. The smallest absolute Gasteiger partial charge is 0.306 e. The summed E-state index contributed by atoms with van der Waals surface area (Å²) >= 11 is 0. The fourth-order valence-electron chi connectivity index (χ4n) is 7.74. The van der Waals surface area contributed by atoms with Gasteiger partial charge in [0.1, 0.15) is 36.8 Å². The quantitative estimate of drug-likeness (QED) is 0.0197. The van der Waals surface area contributed by atoms with Crippen molar-refractivity contribution in [2.75, 3.05) is 19.0 Å². The van der Waals surface area contributed by atoms with Gasteiger partial charge in [0.05, 0.1) is 6.61 Å². The molecule has 6 atom stereocenters. The van der Waals surface area contributed by atoms with Crippen LogP contribution in [0.5, 0.6) is 0 Å². The third kappa shape index (κ3) is 33.6. The Morgan fingerprint density at radius 1 is 0.541 bits per heavy atom. The molecule has 0 aromatic heterocycles. The molecule has 0 bridgehead atoms. The highest BCUT2D eigenvalue weighted by atomic mass is 32.2. The topological polar surface area (TPSA) is 186 Å². The summed E-state index contributed by atoms with van der Waals surface area (Å²) in [7, 11) is -4.60. The van der Waals surface area contributed by atoms with E-state index in [4.69, 9.17) is 18.9 Å². The lowest BCUT2D eigenvalue weighted by molar-refractivity contribution is -0.297. The van der Waals surface area contributed by atoms with Gasteiger partial charge in [-0.05, 0) is 32.1 Å². The molecule has 0 aromatic carbocycles. The Bertz CT molecular complexity index is 1180. The van der Waals surface area contributed by atoms with Gasteiger partial charge in [-0.2, -0.15) is 8.42 Å². The van der Waals surface area contributed by atoms with E-state index in [2.05, 4.69) is 26.0 Å². The molecular weight excluding hydrogens is 801 g/mol. The van der Waals surface area contributed by atoms with Crippen LogP contribution in [-0.2, 0) is 38.7 Å². The Labute approximate surface area is 371 Å². The molecule has 13 heteroatoms. The van der Waals surface area contributed by atoms with Crippen molar-refractivity contribution in [2.45, 2.75) is 263 Å². The van der Waals surface area contributed by atoms with Crippen molar-refractivity contribution in [2.24, 2.45) is 0 Å². The molecule has 0 spiro atoms. The van der Waals surface area contributed by atoms with Crippen molar-refractivity contribution in [3.63, 3.8) is 0 Å². The second-order valence-electron chi connectivity index (χ2n) is 17.5. The number of carbonyl (C=O) groups is 2. The third-order valence-corrected chi connectivity index (χ3v) is 12.3. The highest BCUT2D eigenvalue weighted by Gasteiger charge is 2.46. The zero-order valence-corrected chi connectivity index (χ0v) is 39.4. The Kier molecular flexibility index (Phi) is 36.5. The van der Waals surface area contributed by atoms with Gasteiger partial charge in [0.2, 0.25) is 0 Å². The monoisotopic (exact) mass is 891 g/mol. The second kappa shape index (κ2) is 38.8. The van der Waals surface area contributed by atoms with Crippen molar-refractivity contribution in [1.29, 1.82) is 0 Å². The lowest BCUT2D eigenvalue weighted by Crippen LogP contribution is -2.60. The summed E-state index contributed by atoms with van der Waals surface area (Å²) in [5.41, 5.74) is 0. The van der Waals surface area contributed by atoms with Crippen LogP contribution < -0.4 is 0 Å². The fourth-order valence-corrected chi connectivity index (χ4v) is 8.43. The van der Waals surface area contributed by atoms with E-state index in [1.54, 1.807) is 0 Å². The van der Waals surface area contributed by atoms with Crippen molar-refractivity contribution >= 4 is 22.1 Å². The van der Waals surface area contributed by atoms with E-state index in [0.717, 1.165) is 32.1 Å². The molecule has 0 aromatic rings. The Hall–Kier alpha value is -1.61. The number of allylic oxidation sites excluding steroid dienone is 2. The van der Waals surface area contributed by atoms with Gasteiger partial charge in [-0.25, -0.2) is 0 Å². The summed E-state index contributed by atoms with van der Waals surface area (Å²) in [5, 5.41) is 30.9. The highest BCUT2D eigenvalue weighted by Crippen LogP contribution is 2.24. The van der Waals surface area contributed by atoms with Gasteiger partial charge in [0, 0.05) is 12.8 Å². The lowest BCUT2D eigenvalue weighted by atomic mass is 10.00. The molecule has 1 saturated heterocycles. The predicted molar refractivity (Wildman–Crippen MR) is 243 cm³/mol. The molecule has 1 aliphatic rings. The third-order valence-electron chi connectivity index (χ3n) is 11.6. The number of aliphatic hydroxyl groups excluding tert-OH is 3. The number of hydrogen-bond acceptors (Lipinski definition) is 11. The van der Waals surface area contributed by atoms with Gasteiger partial charge < -0.3 is 34.3 Å². The van der Waals surface area contributed by atoms with Crippen LogP contribution in [-0.4, -0.2) is 96.0 Å². The number of unbranched alkanes of at least 4 members (excludes halogenated alkanes) is 28. The number of esters is 2. The maximum absolute atomic E-state index is 12.8. The van der Waals surface area contributed by atoms with E-state index in [1.165, 1.54) is 154 Å². The Morgan fingerprint density at radius 2 is 0.951 bits per heavy atom. The van der Waals surface area contributed by atoms with Crippen molar-refractivity contribution in [3.05, 3.63) is 12.2 Å². The summed E-state index contributed by atoms with van der Waals surface area (Å²) in [6, 6.07) is 0. The predicted octanol–water partition coefficient (Wildman–Crippen LogP) is 10.6. The van der Waals surface area contributed by atoms with Crippen LogP contribution in [0.15, 0.2) is 12.2 Å². The van der Waals surface area contributed by atoms with Crippen LogP contribution in [0.1, 0.15) is 226 Å². The molecule has 0 saturated carbocycles. The van der Waals surface area contributed by atoms with Gasteiger partial charge in [-0.1, -0.05) is 193 Å². The summed E-state index contributed by atoms with van der Waals surface area (Å²) < 4.78 is 54.0. The SMILES string of the molecule is CCCCCCCCCCCCCCCCCCCC/C=C/CCCC(=O)OC[C@H](CO[C@H]1O[C@H](CS(=O)(=O)O)[C@@H](O)C(O)C1O)OC(=O)CCCCCCCCCCCC. The molecule has 1 fully saturated rings. The molecule has 0 aliphatic carbocycles. The number of aliphatic hydroxyl groups is 3. The van der Waals surface area contributed by atoms with Crippen LogP contribution >= 0.6 is 0 Å². The molecule has 1 aliphatic heterocycles. The lowest BCUT2D eigenvalue weighted by Gasteiger charge is -2.40. The second-order valence-corrected chi connectivity index (χ2v) is 19.0. The van der Waals surface area contributed by atoms with E-state index in [0.29, 0.717) is 12.8 Å². The molecule has 4 N–H and O–H groups in total. The van der Waals surface area contributed by atoms with Gasteiger partial charge in [-0.3, -0.25) is 14.1 Å². The van der Waals surface area contributed by atoms with Crippen LogP contribution in [0.4, 0.5) is 0 Å². The molecule has 0 amide bonds. The first kappa shape index (κ1) is 57.4. The summed E-state index contributed by atoms with van der Waals surface area (Å²) in [5.74, 6) is -2.01. The maximum Gasteiger partial charge on any atom is 0.306 e. The first-order valence-corrected chi connectivity index (χ1v) is 26.4. The van der Waals surface area contributed by atoms with Gasteiger partial charge >= 0.3 is 11.9 Å². The summed E-state index contributed by atoms with van der Waals surface area (Å²) in [6.07, 6.45) is 32.9. The highest BCUT2D eigenvalue weighted by molar-refractivity contribution is 7.85. The van der Waals surface area contributed by atoms with Crippen LogP contribution in [0.3, 0.4) is 0 Å². The maximum atomic E-state index is 12.8. The minimum Gasteiger partial charge on any atom is -0.462 e. The summed E-state index contributed by atoms with van der Waals surface area (Å²) in [6.45, 7) is 3.74. The molecule has 1 rings (SSSR count). The molecule has 360 valence electrons. The van der Waals surface area contributed by atoms with Gasteiger partial charge in [0.15, 0.2) is 12.4 Å². The van der Waals surface area contributed by atoms with Gasteiger partial charge in [0.25, 0.3) is 10.1 Å². The largest absolute Gasteiger partial charge is 0.462 e. The van der Waals surface area contributed by atoms with Crippen LogP contribution in [0, 0.1) is 0 Å². The minimum absolute atomic E-state index is 0.163. The Balaban J connectivity index is 2.32. The van der Waals surface area contributed by atoms with E-state index in [-0.39, 0.29) is 19.4 Å².